The average molecular weight is 410 g/mol. The third kappa shape index (κ3) is 5.45. The van der Waals surface area contributed by atoms with Crippen LogP contribution in [0, 0.1) is 11.7 Å². The lowest BCUT2D eigenvalue weighted by atomic mass is 9.90. The van der Waals surface area contributed by atoms with Gasteiger partial charge in [-0.05, 0) is 70.6 Å². The van der Waals surface area contributed by atoms with Crippen molar-refractivity contribution in [3.05, 3.63) is 34.6 Å². The van der Waals surface area contributed by atoms with Crippen LogP contribution in [0.25, 0.3) is 0 Å². The highest BCUT2D eigenvalue weighted by Crippen LogP contribution is 2.38. The number of hydrogen-bond acceptors (Lipinski definition) is 3. The van der Waals surface area contributed by atoms with Gasteiger partial charge in [-0.25, -0.2) is 4.39 Å². The fraction of sp³-hybridized carbons (Fsp3) is 0.619. The Labute approximate surface area is 171 Å². The van der Waals surface area contributed by atoms with Gasteiger partial charge in [0.25, 0.3) is 5.91 Å². The number of piperidine rings is 1. The maximum absolute atomic E-state index is 13.4. The first kappa shape index (κ1) is 21.1. The molecule has 0 aliphatic carbocycles. The van der Waals surface area contributed by atoms with Gasteiger partial charge in [0.05, 0.1) is 6.54 Å². The highest BCUT2D eigenvalue weighted by atomic mass is 35.5. The molecule has 1 aromatic carbocycles. The second kappa shape index (κ2) is 8.37. The Hall–Kier alpha value is -1.66. The molecule has 154 valence electrons. The van der Waals surface area contributed by atoms with Crippen molar-refractivity contribution in [2.75, 3.05) is 13.1 Å². The third-order valence-corrected chi connectivity index (χ3v) is 5.72. The molecule has 2 saturated heterocycles. The highest BCUT2D eigenvalue weighted by molar-refractivity contribution is 6.31. The van der Waals surface area contributed by atoms with Gasteiger partial charge >= 0.3 is 0 Å². The van der Waals surface area contributed by atoms with Crippen molar-refractivity contribution in [3.63, 3.8) is 0 Å². The molecule has 2 heterocycles. The molecule has 7 heteroatoms. The van der Waals surface area contributed by atoms with Gasteiger partial charge in [-0.1, -0.05) is 11.6 Å². The number of halogens is 2. The minimum Gasteiger partial charge on any atom is -0.352 e. The van der Waals surface area contributed by atoms with Crippen molar-refractivity contribution in [1.82, 2.24) is 15.5 Å². The van der Waals surface area contributed by atoms with Gasteiger partial charge in [0, 0.05) is 34.8 Å². The van der Waals surface area contributed by atoms with Crippen LogP contribution in [-0.4, -0.2) is 47.4 Å². The van der Waals surface area contributed by atoms with E-state index >= 15 is 0 Å². The van der Waals surface area contributed by atoms with Crippen LogP contribution in [-0.2, 0) is 4.79 Å². The number of nitrogens with one attached hydrogen (secondary N) is 2. The molecule has 2 atom stereocenters. The Bertz CT molecular complexity index is 715. The second-order valence-corrected chi connectivity index (χ2v) is 9.50. The summed E-state index contributed by atoms with van der Waals surface area (Å²) in [5, 5.41) is 6.16. The molecule has 3 rings (SSSR count). The third-order valence-electron chi connectivity index (χ3n) is 5.50. The van der Waals surface area contributed by atoms with Crippen LogP contribution >= 0.6 is 11.6 Å². The topological polar surface area (TPSA) is 61.4 Å². The van der Waals surface area contributed by atoms with Crippen LogP contribution in [0.2, 0.25) is 5.02 Å². The molecule has 28 heavy (non-hydrogen) atoms. The van der Waals surface area contributed by atoms with E-state index in [1.54, 1.807) is 0 Å². The molecule has 2 aliphatic heterocycles. The van der Waals surface area contributed by atoms with Crippen molar-refractivity contribution >= 4 is 23.4 Å². The van der Waals surface area contributed by atoms with Gasteiger partial charge in [-0.2, -0.15) is 0 Å². The average Bonchev–Trinajstić information content (AvgIpc) is 2.79. The molecule has 0 aromatic heterocycles. The second-order valence-electron chi connectivity index (χ2n) is 9.06. The van der Waals surface area contributed by atoms with E-state index < -0.39 is 5.82 Å². The zero-order valence-electron chi connectivity index (χ0n) is 16.7. The van der Waals surface area contributed by atoms with E-state index in [-0.39, 0.29) is 27.9 Å². The lowest BCUT2D eigenvalue weighted by molar-refractivity contribution is -0.125. The van der Waals surface area contributed by atoms with E-state index in [0.717, 1.165) is 25.7 Å². The van der Waals surface area contributed by atoms with E-state index in [0.29, 0.717) is 31.1 Å². The van der Waals surface area contributed by atoms with Crippen molar-refractivity contribution in [2.45, 2.75) is 64.1 Å². The number of nitrogens with zero attached hydrogens (tertiary/aromatic N) is 1. The van der Waals surface area contributed by atoms with Gasteiger partial charge in [-0.15, -0.1) is 0 Å². The number of amides is 2. The Balaban J connectivity index is 1.51. The molecule has 2 amide bonds. The first-order chi connectivity index (χ1) is 13.1. The quantitative estimate of drug-likeness (QED) is 0.783. The Morgan fingerprint density at radius 3 is 2.39 bits per heavy atom. The molecule has 2 unspecified atom stereocenters. The first-order valence-corrected chi connectivity index (χ1v) is 10.3. The molecular formula is C21H29ClFN3O2. The zero-order valence-corrected chi connectivity index (χ0v) is 17.5. The Kier molecular flexibility index (Phi) is 6.30. The number of hydrogen-bond donors (Lipinski definition) is 2. The largest absolute Gasteiger partial charge is 0.352 e. The molecule has 0 radical (unpaired) electrons. The van der Waals surface area contributed by atoms with Crippen LogP contribution in [0.4, 0.5) is 4.39 Å². The van der Waals surface area contributed by atoms with Crippen LogP contribution in [0.3, 0.4) is 0 Å². The fourth-order valence-corrected chi connectivity index (χ4v) is 4.68. The molecule has 2 aliphatic rings. The number of benzene rings is 1. The summed E-state index contributed by atoms with van der Waals surface area (Å²) in [6.45, 7) is 6.95. The molecule has 0 saturated carbocycles. The monoisotopic (exact) mass is 409 g/mol. The molecule has 2 N–H and O–H groups in total. The summed E-state index contributed by atoms with van der Waals surface area (Å²) < 4.78 is 13.4. The zero-order chi connectivity index (χ0) is 20.5. The predicted octanol–water partition coefficient (Wildman–Crippen LogP) is 3.37. The minimum atomic E-state index is -0.516. The van der Waals surface area contributed by atoms with Crippen LogP contribution < -0.4 is 10.6 Å². The minimum absolute atomic E-state index is 0.0686. The molecule has 0 spiro atoms. The van der Waals surface area contributed by atoms with Gasteiger partial charge in [-0.3, -0.25) is 14.5 Å². The van der Waals surface area contributed by atoms with Gasteiger partial charge in [0.15, 0.2) is 0 Å². The van der Waals surface area contributed by atoms with Crippen molar-refractivity contribution in [1.29, 1.82) is 0 Å². The summed E-state index contributed by atoms with van der Waals surface area (Å²) >= 11 is 5.83. The van der Waals surface area contributed by atoms with Crippen LogP contribution in [0.15, 0.2) is 18.2 Å². The Morgan fingerprint density at radius 1 is 1.18 bits per heavy atom. The standard InChI is InChI=1S/C21H29ClFN3O2/c1-21(2,3)25-19(27)12-26-17-4-5-18(26)7-13(6-17)11-24-20(28)14-8-15(22)10-16(23)9-14/h8-10,13,17-18H,4-7,11-12H2,1-3H3,(H,24,28)(H,25,27). The van der Waals surface area contributed by atoms with Gasteiger partial charge in [0.2, 0.25) is 5.91 Å². The van der Waals surface area contributed by atoms with Gasteiger partial charge < -0.3 is 10.6 Å². The smallest absolute Gasteiger partial charge is 0.251 e. The number of rotatable bonds is 5. The van der Waals surface area contributed by atoms with Crippen LogP contribution in [0.5, 0.6) is 0 Å². The Morgan fingerprint density at radius 2 is 1.82 bits per heavy atom. The van der Waals surface area contributed by atoms with E-state index in [1.807, 2.05) is 20.8 Å². The normalized spacial score (nSPS) is 24.8. The van der Waals surface area contributed by atoms with E-state index in [2.05, 4.69) is 15.5 Å². The maximum atomic E-state index is 13.4. The first-order valence-electron chi connectivity index (χ1n) is 9.92. The summed E-state index contributed by atoms with van der Waals surface area (Å²) in [4.78, 5) is 26.9. The SMILES string of the molecule is CC(C)(C)NC(=O)CN1C2CCC1CC(CNC(=O)c1cc(F)cc(Cl)c1)C2. The van der Waals surface area contributed by atoms with Crippen LogP contribution in [0.1, 0.15) is 56.8 Å². The van der Waals surface area contributed by atoms with Crippen molar-refractivity contribution in [2.24, 2.45) is 5.92 Å². The summed E-state index contributed by atoms with van der Waals surface area (Å²) in [5.41, 5.74) is 0.0164. The fourth-order valence-electron chi connectivity index (χ4n) is 4.46. The molecule has 1 aromatic rings. The number of fused-ring (bicyclic) bond motifs is 2. The number of carbonyl (C=O) groups excluding carboxylic acids is 2. The highest BCUT2D eigenvalue weighted by Gasteiger charge is 2.41. The summed E-state index contributed by atoms with van der Waals surface area (Å²) in [6, 6.07) is 4.62. The van der Waals surface area contributed by atoms with Crippen molar-refractivity contribution < 1.29 is 14.0 Å². The number of carbonyl (C=O) groups is 2. The summed E-state index contributed by atoms with van der Waals surface area (Å²) in [6.07, 6.45) is 4.11. The van der Waals surface area contributed by atoms with E-state index in [1.165, 1.54) is 18.2 Å². The molecular weight excluding hydrogens is 381 g/mol. The predicted molar refractivity (Wildman–Crippen MR) is 108 cm³/mol. The summed E-state index contributed by atoms with van der Waals surface area (Å²) in [7, 11) is 0. The lowest BCUT2D eigenvalue weighted by Gasteiger charge is -2.39. The van der Waals surface area contributed by atoms with E-state index in [9.17, 15) is 14.0 Å². The molecule has 2 bridgehead atoms. The molecule has 2 fully saturated rings. The summed E-state index contributed by atoms with van der Waals surface area (Å²) in [5.74, 6) is -0.384. The maximum Gasteiger partial charge on any atom is 0.251 e. The van der Waals surface area contributed by atoms with E-state index in [4.69, 9.17) is 11.6 Å². The molecule has 5 nitrogen and oxygen atoms in total. The van der Waals surface area contributed by atoms with Crippen molar-refractivity contribution in [3.8, 4) is 0 Å². The van der Waals surface area contributed by atoms with Gasteiger partial charge in [0.1, 0.15) is 5.82 Å². The lowest BCUT2D eigenvalue weighted by Crippen LogP contribution is -2.52.